The fourth-order valence-corrected chi connectivity index (χ4v) is 3.28. The molecule has 22 heavy (non-hydrogen) atoms. The SMILES string of the molecule is CCCN([SiH2]OC(C)(OC)OC)C(CC(=O)OC)C(=O)OC. The molecule has 0 aliphatic rings. The molecule has 9 heteroatoms. The minimum atomic E-state index is -1.39. The molecule has 130 valence electrons. The van der Waals surface area contributed by atoms with Crippen LogP contribution in [0, 0.1) is 0 Å². The van der Waals surface area contributed by atoms with Crippen molar-refractivity contribution in [2.45, 2.75) is 38.7 Å². The first-order chi connectivity index (χ1) is 10.4. The predicted octanol–water partition coefficient (Wildman–Crippen LogP) is -0.215. The predicted molar refractivity (Wildman–Crippen MR) is 81.5 cm³/mol. The number of hydrogen-bond acceptors (Lipinski definition) is 8. The van der Waals surface area contributed by atoms with E-state index in [0.717, 1.165) is 6.42 Å². The topological polar surface area (TPSA) is 83.5 Å². The van der Waals surface area contributed by atoms with Crippen molar-refractivity contribution in [1.82, 2.24) is 4.57 Å². The van der Waals surface area contributed by atoms with Crippen LogP contribution in [0.25, 0.3) is 0 Å². The van der Waals surface area contributed by atoms with Gasteiger partial charge in [-0.1, -0.05) is 6.92 Å². The van der Waals surface area contributed by atoms with Gasteiger partial charge in [-0.05, 0) is 13.0 Å². The molecule has 0 N–H and O–H groups in total. The molecule has 0 rings (SSSR count). The first kappa shape index (κ1) is 21.0. The molecule has 8 nitrogen and oxygen atoms in total. The monoisotopic (exact) mass is 337 g/mol. The van der Waals surface area contributed by atoms with Gasteiger partial charge in [-0.15, -0.1) is 0 Å². The maximum atomic E-state index is 12.0. The van der Waals surface area contributed by atoms with Gasteiger partial charge in [0.25, 0.3) is 5.97 Å². The van der Waals surface area contributed by atoms with Crippen LogP contribution in [0.15, 0.2) is 0 Å². The molecule has 0 fully saturated rings. The minimum absolute atomic E-state index is 0.0871. The Labute approximate surface area is 134 Å². The van der Waals surface area contributed by atoms with Crippen LogP contribution >= 0.6 is 0 Å². The number of hydrogen-bond donors (Lipinski definition) is 0. The van der Waals surface area contributed by atoms with Crippen LogP contribution in [0.3, 0.4) is 0 Å². The lowest BCUT2D eigenvalue weighted by molar-refractivity contribution is -0.312. The molecule has 0 aromatic carbocycles. The second-order valence-corrected chi connectivity index (χ2v) is 6.03. The molecule has 0 aromatic heterocycles. The molecule has 0 bridgehead atoms. The van der Waals surface area contributed by atoms with E-state index in [1.165, 1.54) is 28.4 Å². The van der Waals surface area contributed by atoms with E-state index in [4.69, 9.17) is 18.6 Å². The average Bonchev–Trinajstić information content (AvgIpc) is 2.55. The highest BCUT2D eigenvalue weighted by molar-refractivity contribution is 6.24. The van der Waals surface area contributed by atoms with Crippen molar-refractivity contribution in [1.29, 1.82) is 0 Å². The van der Waals surface area contributed by atoms with E-state index < -0.39 is 33.9 Å². The van der Waals surface area contributed by atoms with Gasteiger partial charge in [-0.25, -0.2) is 0 Å². The van der Waals surface area contributed by atoms with Gasteiger partial charge in [-0.2, -0.15) is 0 Å². The second kappa shape index (κ2) is 10.7. The number of carbonyl (C=O) groups excluding carboxylic acids is 2. The lowest BCUT2D eigenvalue weighted by atomic mass is 10.2. The van der Waals surface area contributed by atoms with Crippen LogP contribution in [-0.2, 0) is 33.0 Å². The molecule has 0 radical (unpaired) electrons. The summed E-state index contributed by atoms with van der Waals surface area (Å²) in [6.07, 6.45) is 0.706. The number of nitrogens with zero attached hydrogens (tertiary/aromatic N) is 1. The van der Waals surface area contributed by atoms with Crippen LogP contribution < -0.4 is 0 Å². The zero-order valence-electron chi connectivity index (χ0n) is 14.2. The van der Waals surface area contributed by atoms with Crippen molar-refractivity contribution in [2.75, 3.05) is 35.0 Å². The summed E-state index contributed by atoms with van der Waals surface area (Å²) in [4.78, 5) is 23.5. The molecule has 1 unspecified atom stereocenters. The molecule has 0 aliphatic carbocycles. The maximum absolute atomic E-state index is 12.0. The summed E-state index contributed by atoms with van der Waals surface area (Å²) >= 11 is 0. The Kier molecular flexibility index (Phi) is 10.2. The largest absolute Gasteiger partial charge is 0.469 e. The van der Waals surface area contributed by atoms with E-state index in [2.05, 4.69) is 4.74 Å². The van der Waals surface area contributed by atoms with Gasteiger partial charge < -0.3 is 23.4 Å². The molecule has 0 aliphatic heterocycles. The van der Waals surface area contributed by atoms with Crippen molar-refractivity contribution in [3.63, 3.8) is 0 Å². The highest BCUT2D eigenvalue weighted by atomic mass is 28.2. The molecule has 0 heterocycles. The molecule has 0 saturated heterocycles. The lowest BCUT2D eigenvalue weighted by Crippen LogP contribution is -2.49. The van der Waals surface area contributed by atoms with Gasteiger partial charge in [0.2, 0.25) is 9.92 Å². The summed E-state index contributed by atoms with van der Waals surface area (Å²) in [6, 6.07) is -0.734. The second-order valence-electron chi connectivity index (χ2n) is 4.68. The quantitative estimate of drug-likeness (QED) is 0.291. The summed E-state index contributed by atoms with van der Waals surface area (Å²) in [7, 11) is 4.11. The summed E-state index contributed by atoms with van der Waals surface area (Å²) in [5.41, 5.74) is 0. The lowest BCUT2D eigenvalue weighted by Gasteiger charge is -2.33. The third-order valence-electron chi connectivity index (χ3n) is 3.25. The molecular formula is C13H27NO7Si. The number of carbonyl (C=O) groups is 2. The summed E-state index contributed by atoms with van der Waals surface area (Å²) in [5, 5.41) is 0. The Morgan fingerprint density at radius 2 is 1.73 bits per heavy atom. The summed E-state index contributed by atoms with van der Waals surface area (Å²) in [6.45, 7) is 4.20. The van der Waals surface area contributed by atoms with Gasteiger partial charge >= 0.3 is 11.9 Å². The van der Waals surface area contributed by atoms with Crippen LogP contribution in [0.4, 0.5) is 0 Å². The van der Waals surface area contributed by atoms with E-state index >= 15 is 0 Å². The van der Waals surface area contributed by atoms with Crippen LogP contribution in [0.1, 0.15) is 26.7 Å². The smallest absolute Gasteiger partial charge is 0.323 e. The molecule has 1 atom stereocenters. The van der Waals surface area contributed by atoms with Gasteiger partial charge in [-0.3, -0.25) is 14.2 Å². The fraction of sp³-hybridized carbons (Fsp3) is 0.846. The normalized spacial score (nSPS) is 13.6. The fourth-order valence-electron chi connectivity index (χ4n) is 1.74. The molecule has 0 aromatic rings. The minimum Gasteiger partial charge on any atom is -0.469 e. The maximum Gasteiger partial charge on any atom is 0.323 e. The Hall–Kier alpha value is -1.00. The van der Waals surface area contributed by atoms with E-state index in [1.807, 2.05) is 11.5 Å². The van der Waals surface area contributed by atoms with E-state index in [1.54, 1.807) is 6.92 Å². The van der Waals surface area contributed by atoms with E-state index in [9.17, 15) is 9.59 Å². The highest BCUT2D eigenvalue weighted by Crippen LogP contribution is 2.14. The third-order valence-corrected chi connectivity index (χ3v) is 4.99. The Bertz CT molecular complexity index is 349. The average molecular weight is 337 g/mol. The first-order valence-corrected chi connectivity index (χ1v) is 8.21. The highest BCUT2D eigenvalue weighted by Gasteiger charge is 2.32. The van der Waals surface area contributed by atoms with Crippen LogP contribution in [0.5, 0.6) is 0 Å². The molecule has 0 saturated carbocycles. The Morgan fingerprint density at radius 1 is 1.14 bits per heavy atom. The number of ether oxygens (including phenoxy) is 4. The van der Waals surface area contributed by atoms with Crippen LogP contribution in [0.2, 0.25) is 0 Å². The Morgan fingerprint density at radius 3 is 2.14 bits per heavy atom. The van der Waals surface area contributed by atoms with Gasteiger partial charge in [0.05, 0.1) is 20.6 Å². The van der Waals surface area contributed by atoms with E-state index in [0.29, 0.717) is 6.54 Å². The van der Waals surface area contributed by atoms with E-state index in [-0.39, 0.29) is 6.42 Å². The van der Waals surface area contributed by atoms with Crippen molar-refractivity contribution in [2.24, 2.45) is 0 Å². The molecular weight excluding hydrogens is 310 g/mol. The van der Waals surface area contributed by atoms with Crippen LogP contribution in [-0.4, -0.2) is 73.4 Å². The third kappa shape index (κ3) is 6.84. The van der Waals surface area contributed by atoms with Crippen molar-refractivity contribution >= 4 is 21.9 Å². The Balaban J connectivity index is 5.02. The molecule has 0 amide bonds. The van der Waals surface area contributed by atoms with Gasteiger partial charge in [0, 0.05) is 21.1 Å². The number of esters is 2. The van der Waals surface area contributed by atoms with Crippen molar-refractivity contribution < 1.29 is 33.0 Å². The number of methoxy groups -OCH3 is 4. The van der Waals surface area contributed by atoms with Gasteiger partial charge in [0.15, 0.2) is 0 Å². The standard InChI is InChI=1S/C13H27NO7Si/c1-7-8-14(22-21-13(2,19-5)20-6)10(12(16)18-4)9-11(15)17-3/h10H,7-9,22H2,1-6H3. The zero-order chi connectivity index (χ0) is 17.2. The van der Waals surface area contributed by atoms with Gasteiger partial charge in [0.1, 0.15) is 6.04 Å². The number of rotatable bonds is 11. The first-order valence-electron chi connectivity index (χ1n) is 7.00. The van der Waals surface area contributed by atoms with Crippen molar-refractivity contribution in [3.8, 4) is 0 Å². The summed E-state index contributed by atoms with van der Waals surface area (Å²) in [5.74, 6) is -2.15. The zero-order valence-corrected chi connectivity index (χ0v) is 15.6. The van der Waals surface area contributed by atoms with Crippen molar-refractivity contribution in [3.05, 3.63) is 0 Å². The summed E-state index contributed by atoms with van der Waals surface area (Å²) < 4.78 is 27.2. The molecule has 0 spiro atoms.